The van der Waals surface area contributed by atoms with Gasteiger partial charge in [0.05, 0.1) is 5.33 Å². The van der Waals surface area contributed by atoms with Gasteiger partial charge in [-0.1, -0.05) is 37.9 Å². The molecule has 0 atom stereocenters. The molecule has 1 rings (SSSR count). The van der Waals surface area contributed by atoms with E-state index < -0.39 is 0 Å². The van der Waals surface area contributed by atoms with E-state index >= 15 is 0 Å². The fraction of sp³-hybridized carbons (Fsp3) is 0.300. The summed E-state index contributed by atoms with van der Waals surface area (Å²) in [6.07, 6.45) is 2.53. The van der Waals surface area contributed by atoms with E-state index in [1.807, 2.05) is 24.5 Å². The Morgan fingerprint density at radius 2 is 2.21 bits per heavy atom. The van der Waals surface area contributed by atoms with Gasteiger partial charge < -0.3 is 0 Å². The zero-order valence-corrected chi connectivity index (χ0v) is 11.7. The van der Waals surface area contributed by atoms with E-state index in [2.05, 4.69) is 31.9 Å². The number of carbonyl (C=O) groups excluding carboxylic acids is 1. The molecule has 0 N–H and O–H groups in total. The van der Waals surface area contributed by atoms with Crippen molar-refractivity contribution < 1.29 is 4.79 Å². The van der Waals surface area contributed by atoms with Crippen molar-refractivity contribution in [2.75, 3.05) is 11.6 Å². The lowest BCUT2D eigenvalue weighted by molar-refractivity contribution is -0.115. The molecule has 0 saturated carbocycles. The van der Waals surface area contributed by atoms with Crippen molar-refractivity contribution in [3.63, 3.8) is 0 Å². The Morgan fingerprint density at radius 3 is 2.79 bits per heavy atom. The van der Waals surface area contributed by atoms with Crippen LogP contribution in [0.3, 0.4) is 0 Å². The lowest BCUT2D eigenvalue weighted by atomic mass is 10.1. The minimum Gasteiger partial charge on any atom is -0.298 e. The number of halogens is 2. The lowest BCUT2D eigenvalue weighted by Crippen LogP contribution is -2.04. The Hall–Kier alpha value is 0.200. The molecule has 0 aliphatic rings. The number of ketones is 1. The van der Waals surface area contributed by atoms with Gasteiger partial charge in [-0.05, 0) is 24.0 Å². The van der Waals surface area contributed by atoms with Crippen molar-refractivity contribution in [2.24, 2.45) is 0 Å². The molecule has 0 spiro atoms. The summed E-state index contributed by atoms with van der Waals surface area (Å²) in [7, 11) is 0. The predicted molar refractivity (Wildman–Crippen MR) is 68.4 cm³/mol. The topological polar surface area (TPSA) is 17.1 Å². The van der Waals surface area contributed by atoms with Crippen molar-refractivity contribution >= 4 is 49.4 Å². The van der Waals surface area contributed by atoms with Gasteiger partial charge in [0.2, 0.25) is 0 Å². The molecule has 76 valence electrons. The first-order valence-corrected chi connectivity index (χ1v) is 7.21. The highest BCUT2D eigenvalue weighted by molar-refractivity contribution is 9.10. The molecule has 14 heavy (non-hydrogen) atoms. The summed E-state index contributed by atoms with van der Waals surface area (Å²) in [5.74, 6) is 0.211. The summed E-state index contributed by atoms with van der Waals surface area (Å²) in [5, 5.41) is 0.427. The average molecular weight is 338 g/mol. The fourth-order valence-electron chi connectivity index (χ4n) is 1.12. The van der Waals surface area contributed by atoms with Crippen LogP contribution in [0.1, 0.15) is 5.56 Å². The molecule has 0 radical (unpaired) electrons. The quantitative estimate of drug-likeness (QED) is 0.616. The molecule has 0 bridgehead atoms. The molecule has 0 heterocycles. The average Bonchev–Trinajstić information content (AvgIpc) is 2.20. The standard InChI is InChI=1S/C10H10Br2OS/c1-14-10-5-8(12)3-2-7(10)4-9(13)6-11/h2-3,5H,4,6H2,1H3. The van der Waals surface area contributed by atoms with Crippen molar-refractivity contribution in [2.45, 2.75) is 11.3 Å². The Labute approximate surface area is 105 Å². The normalized spacial score (nSPS) is 10.2. The Morgan fingerprint density at radius 1 is 1.50 bits per heavy atom. The predicted octanol–water partition coefficient (Wildman–Crippen LogP) is 3.68. The van der Waals surface area contributed by atoms with E-state index in [-0.39, 0.29) is 5.78 Å². The van der Waals surface area contributed by atoms with Gasteiger partial charge in [0.1, 0.15) is 5.78 Å². The molecule has 4 heteroatoms. The van der Waals surface area contributed by atoms with Gasteiger partial charge in [0.15, 0.2) is 0 Å². The summed E-state index contributed by atoms with van der Waals surface area (Å²) >= 11 is 8.25. The number of hydrogen-bond donors (Lipinski definition) is 0. The summed E-state index contributed by atoms with van der Waals surface area (Å²) in [6, 6.07) is 6.01. The van der Waals surface area contributed by atoms with E-state index in [0.29, 0.717) is 11.8 Å². The third-order valence-electron chi connectivity index (χ3n) is 1.79. The minimum atomic E-state index is 0.211. The van der Waals surface area contributed by atoms with Crippen molar-refractivity contribution in [1.82, 2.24) is 0 Å². The van der Waals surface area contributed by atoms with Crippen LogP contribution in [0, 0.1) is 0 Å². The highest BCUT2D eigenvalue weighted by Crippen LogP contribution is 2.25. The molecule has 1 nitrogen and oxygen atoms in total. The number of thioether (sulfide) groups is 1. The maximum Gasteiger partial charge on any atom is 0.147 e. The molecular weight excluding hydrogens is 328 g/mol. The lowest BCUT2D eigenvalue weighted by Gasteiger charge is -2.06. The summed E-state index contributed by atoms with van der Waals surface area (Å²) in [4.78, 5) is 12.4. The van der Waals surface area contributed by atoms with Crippen LogP contribution in [0.2, 0.25) is 0 Å². The van der Waals surface area contributed by atoms with Gasteiger partial charge in [0.25, 0.3) is 0 Å². The van der Waals surface area contributed by atoms with E-state index in [1.165, 1.54) is 0 Å². The number of hydrogen-bond acceptors (Lipinski definition) is 2. The highest BCUT2D eigenvalue weighted by Gasteiger charge is 2.06. The highest BCUT2D eigenvalue weighted by atomic mass is 79.9. The Kier molecular flexibility index (Phi) is 5.20. The van der Waals surface area contributed by atoms with Crippen molar-refractivity contribution in [1.29, 1.82) is 0 Å². The molecule has 1 aromatic rings. The van der Waals surface area contributed by atoms with Gasteiger partial charge in [-0.3, -0.25) is 4.79 Å². The first-order valence-electron chi connectivity index (χ1n) is 4.07. The maximum absolute atomic E-state index is 11.3. The molecule has 1 aromatic carbocycles. The second-order valence-electron chi connectivity index (χ2n) is 2.81. The van der Waals surface area contributed by atoms with E-state index in [0.717, 1.165) is 14.9 Å². The molecule has 0 aromatic heterocycles. The second-order valence-corrected chi connectivity index (χ2v) is 5.13. The molecule has 0 aliphatic carbocycles. The van der Waals surface area contributed by atoms with Gasteiger partial charge >= 0.3 is 0 Å². The molecule has 0 unspecified atom stereocenters. The third-order valence-corrected chi connectivity index (χ3v) is 3.72. The van der Waals surface area contributed by atoms with Crippen LogP contribution in [0.25, 0.3) is 0 Å². The molecular formula is C10H10Br2OS. The summed E-state index contributed by atoms with van der Waals surface area (Å²) < 4.78 is 1.05. The van der Waals surface area contributed by atoms with Crippen LogP contribution in [0.15, 0.2) is 27.6 Å². The van der Waals surface area contributed by atoms with Crippen LogP contribution in [-0.2, 0) is 11.2 Å². The van der Waals surface area contributed by atoms with Crippen LogP contribution in [-0.4, -0.2) is 17.4 Å². The zero-order valence-electron chi connectivity index (χ0n) is 7.72. The summed E-state index contributed by atoms with van der Waals surface area (Å²) in [6.45, 7) is 0. The fourth-order valence-corrected chi connectivity index (χ4v) is 2.48. The summed E-state index contributed by atoms with van der Waals surface area (Å²) in [5.41, 5.74) is 1.10. The van der Waals surface area contributed by atoms with Gasteiger partial charge in [-0.2, -0.15) is 0 Å². The second kappa shape index (κ2) is 5.93. The number of rotatable bonds is 4. The largest absolute Gasteiger partial charge is 0.298 e. The van der Waals surface area contributed by atoms with Gasteiger partial charge in [0, 0.05) is 15.8 Å². The van der Waals surface area contributed by atoms with Crippen LogP contribution in [0.5, 0.6) is 0 Å². The number of benzene rings is 1. The first kappa shape index (κ1) is 12.3. The van der Waals surface area contributed by atoms with E-state index in [1.54, 1.807) is 11.8 Å². The maximum atomic E-state index is 11.3. The Balaban J connectivity index is 2.90. The van der Waals surface area contributed by atoms with Gasteiger partial charge in [-0.25, -0.2) is 0 Å². The van der Waals surface area contributed by atoms with Crippen LogP contribution in [0.4, 0.5) is 0 Å². The smallest absolute Gasteiger partial charge is 0.147 e. The van der Waals surface area contributed by atoms with Gasteiger partial charge in [-0.15, -0.1) is 11.8 Å². The van der Waals surface area contributed by atoms with Crippen LogP contribution >= 0.6 is 43.6 Å². The molecule has 0 aliphatic heterocycles. The third kappa shape index (κ3) is 3.41. The molecule has 0 fully saturated rings. The van der Waals surface area contributed by atoms with E-state index in [4.69, 9.17) is 0 Å². The van der Waals surface area contributed by atoms with Crippen molar-refractivity contribution in [3.05, 3.63) is 28.2 Å². The van der Waals surface area contributed by atoms with Crippen LogP contribution < -0.4 is 0 Å². The number of carbonyl (C=O) groups is 1. The van der Waals surface area contributed by atoms with Crippen molar-refractivity contribution in [3.8, 4) is 0 Å². The molecule has 0 amide bonds. The number of Topliss-reactive ketones (excluding diaryl/α,β-unsaturated/α-hetero) is 1. The SMILES string of the molecule is CSc1cc(Br)ccc1CC(=O)CBr. The molecule has 0 saturated heterocycles. The van der Waals surface area contributed by atoms with E-state index in [9.17, 15) is 4.79 Å². The Bertz CT molecular complexity index is 339. The monoisotopic (exact) mass is 336 g/mol. The zero-order chi connectivity index (χ0) is 10.6. The minimum absolute atomic E-state index is 0.211. The number of alkyl halides is 1. The first-order chi connectivity index (χ1) is 6.67.